The largest absolute Gasteiger partial charge is 0.447 e. The summed E-state index contributed by atoms with van der Waals surface area (Å²) in [5.41, 5.74) is 1.10. The predicted octanol–water partition coefficient (Wildman–Crippen LogP) is 3.57. The second-order valence-electron chi connectivity index (χ2n) is 5.73. The van der Waals surface area contributed by atoms with Crippen LogP contribution in [0.4, 0.5) is 4.79 Å². The number of cyclic esters (lactones) is 1. The Labute approximate surface area is 131 Å². The van der Waals surface area contributed by atoms with Gasteiger partial charge in [-0.25, -0.2) is 9.69 Å². The van der Waals surface area contributed by atoms with Gasteiger partial charge in [-0.2, -0.15) is 0 Å². The van der Waals surface area contributed by atoms with E-state index in [4.69, 9.17) is 4.74 Å². The van der Waals surface area contributed by atoms with Gasteiger partial charge in [0.05, 0.1) is 6.04 Å². The second kappa shape index (κ2) is 7.78. The van der Waals surface area contributed by atoms with Crippen molar-refractivity contribution in [1.29, 1.82) is 0 Å². The molecule has 2 unspecified atom stereocenters. The number of hydrogen-bond donors (Lipinski definition) is 0. The lowest BCUT2D eigenvalue weighted by Crippen LogP contribution is -2.40. The smallest absolute Gasteiger partial charge is 0.416 e. The summed E-state index contributed by atoms with van der Waals surface area (Å²) in [4.78, 5) is 25.5. The van der Waals surface area contributed by atoms with Crippen molar-refractivity contribution in [3.8, 4) is 0 Å². The molecule has 1 aliphatic rings. The first-order chi connectivity index (χ1) is 10.6. The van der Waals surface area contributed by atoms with Gasteiger partial charge >= 0.3 is 6.09 Å². The quantitative estimate of drug-likeness (QED) is 0.755. The van der Waals surface area contributed by atoms with Crippen molar-refractivity contribution in [1.82, 2.24) is 4.90 Å². The van der Waals surface area contributed by atoms with Crippen molar-refractivity contribution in [2.75, 3.05) is 6.61 Å². The van der Waals surface area contributed by atoms with Gasteiger partial charge in [0.2, 0.25) is 5.91 Å². The van der Waals surface area contributed by atoms with Gasteiger partial charge in [-0.3, -0.25) is 4.79 Å². The van der Waals surface area contributed by atoms with Gasteiger partial charge in [0.15, 0.2) is 0 Å². The minimum atomic E-state index is -0.510. The van der Waals surface area contributed by atoms with E-state index in [1.807, 2.05) is 43.3 Å². The van der Waals surface area contributed by atoms with Gasteiger partial charge in [-0.15, -0.1) is 0 Å². The molecule has 118 valence electrons. The highest BCUT2D eigenvalue weighted by molar-refractivity contribution is 5.93. The highest BCUT2D eigenvalue weighted by Gasteiger charge is 2.37. The first kappa shape index (κ1) is 16.3. The zero-order valence-corrected chi connectivity index (χ0v) is 13.2. The molecular formula is C18H23NO3. The third-order valence-corrected chi connectivity index (χ3v) is 3.88. The summed E-state index contributed by atoms with van der Waals surface area (Å²) in [5.74, 6) is 0.194. The Morgan fingerprint density at radius 1 is 1.41 bits per heavy atom. The number of hydrogen-bond acceptors (Lipinski definition) is 3. The molecule has 1 fully saturated rings. The minimum Gasteiger partial charge on any atom is -0.447 e. The lowest BCUT2D eigenvalue weighted by Gasteiger charge is -2.20. The molecular weight excluding hydrogens is 278 g/mol. The Bertz CT molecular complexity index is 539. The van der Waals surface area contributed by atoms with Gasteiger partial charge in [0.25, 0.3) is 0 Å². The minimum absolute atomic E-state index is 0.139. The first-order valence-corrected chi connectivity index (χ1v) is 7.77. The number of ether oxygens (including phenoxy) is 1. The monoisotopic (exact) mass is 301 g/mol. The molecule has 0 aliphatic carbocycles. The molecule has 1 aromatic rings. The molecule has 22 heavy (non-hydrogen) atoms. The molecule has 0 saturated carbocycles. The zero-order valence-electron chi connectivity index (χ0n) is 13.2. The van der Waals surface area contributed by atoms with Crippen molar-refractivity contribution in [2.45, 2.75) is 39.2 Å². The van der Waals surface area contributed by atoms with E-state index in [9.17, 15) is 9.59 Å². The standard InChI is InChI=1S/C18H23NO3/c1-3-7-14(2)10-11-17(20)19-16(13-22-18(19)21)12-15-8-5-4-6-9-15/h3-9,14,16H,10-13H2,1-2H3. The predicted molar refractivity (Wildman–Crippen MR) is 85.3 cm³/mol. The summed E-state index contributed by atoms with van der Waals surface area (Å²) in [5, 5.41) is 0. The molecule has 2 amide bonds. The van der Waals surface area contributed by atoms with Crippen LogP contribution in [-0.4, -0.2) is 29.5 Å². The molecule has 1 heterocycles. The highest BCUT2D eigenvalue weighted by atomic mass is 16.6. The summed E-state index contributed by atoms with van der Waals surface area (Å²) < 4.78 is 5.08. The molecule has 1 aromatic carbocycles. The summed E-state index contributed by atoms with van der Waals surface area (Å²) in [7, 11) is 0. The molecule has 4 nitrogen and oxygen atoms in total. The maximum Gasteiger partial charge on any atom is 0.416 e. The number of allylic oxidation sites excluding steroid dienone is 2. The van der Waals surface area contributed by atoms with Crippen molar-refractivity contribution in [3.63, 3.8) is 0 Å². The van der Waals surface area contributed by atoms with Crippen molar-refractivity contribution < 1.29 is 14.3 Å². The topological polar surface area (TPSA) is 46.6 Å². The molecule has 0 radical (unpaired) electrons. The molecule has 0 aromatic heterocycles. The molecule has 1 saturated heterocycles. The summed E-state index contributed by atoms with van der Waals surface area (Å²) in [6.45, 7) is 4.31. The fourth-order valence-corrected chi connectivity index (χ4v) is 2.70. The van der Waals surface area contributed by atoms with Crippen LogP contribution in [0.3, 0.4) is 0 Å². The third kappa shape index (κ3) is 4.20. The number of amides is 2. The third-order valence-electron chi connectivity index (χ3n) is 3.88. The summed E-state index contributed by atoms with van der Waals surface area (Å²) >= 11 is 0. The summed E-state index contributed by atoms with van der Waals surface area (Å²) in [6, 6.07) is 9.67. The fourth-order valence-electron chi connectivity index (χ4n) is 2.70. The van der Waals surface area contributed by atoms with E-state index < -0.39 is 6.09 Å². The highest BCUT2D eigenvalue weighted by Crippen LogP contribution is 2.20. The average Bonchev–Trinajstić information content (AvgIpc) is 2.87. The maximum atomic E-state index is 12.4. The average molecular weight is 301 g/mol. The van der Waals surface area contributed by atoms with Gasteiger partial charge < -0.3 is 4.74 Å². The van der Waals surface area contributed by atoms with Crippen LogP contribution in [-0.2, 0) is 16.0 Å². The molecule has 0 spiro atoms. The van der Waals surface area contributed by atoms with E-state index in [1.54, 1.807) is 0 Å². The number of carbonyl (C=O) groups excluding carboxylic acids is 2. The van der Waals surface area contributed by atoms with E-state index in [-0.39, 0.29) is 18.6 Å². The van der Waals surface area contributed by atoms with Crippen LogP contribution in [0, 0.1) is 5.92 Å². The van der Waals surface area contributed by atoms with Crippen LogP contribution in [0.2, 0.25) is 0 Å². The lowest BCUT2D eigenvalue weighted by atomic mass is 10.0. The number of benzene rings is 1. The first-order valence-electron chi connectivity index (χ1n) is 7.77. The lowest BCUT2D eigenvalue weighted by molar-refractivity contribution is -0.129. The molecule has 0 N–H and O–H groups in total. The van der Waals surface area contributed by atoms with E-state index in [2.05, 4.69) is 13.0 Å². The second-order valence-corrected chi connectivity index (χ2v) is 5.73. The van der Waals surface area contributed by atoms with Crippen LogP contribution in [0.15, 0.2) is 42.5 Å². The Balaban J connectivity index is 1.97. The number of rotatable bonds is 6. The molecule has 2 atom stereocenters. The van der Waals surface area contributed by atoms with Gasteiger partial charge in [-0.05, 0) is 31.2 Å². The molecule has 4 heteroatoms. The van der Waals surface area contributed by atoms with Crippen LogP contribution < -0.4 is 0 Å². The Morgan fingerprint density at radius 2 is 2.14 bits per heavy atom. The van der Waals surface area contributed by atoms with E-state index in [0.29, 0.717) is 18.8 Å². The molecule has 0 bridgehead atoms. The van der Waals surface area contributed by atoms with Gasteiger partial charge in [0, 0.05) is 6.42 Å². The van der Waals surface area contributed by atoms with Crippen molar-refractivity contribution in [2.24, 2.45) is 5.92 Å². The van der Waals surface area contributed by atoms with Crippen LogP contribution in [0.1, 0.15) is 32.3 Å². The Kier molecular flexibility index (Phi) is 5.75. The van der Waals surface area contributed by atoms with Crippen LogP contribution in [0.25, 0.3) is 0 Å². The van der Waals surface area contributed by atoms with E-state index in [1.165, 1.54) is 4.90 Å². The number of nitrogens with zero attached hydrogens (tertiary/aromatic N) is 1. The molecule has 2 rings (SSSR count). The van der Waals surface area contributed by atoms with Crippen molar-refractivity contribution >= 4 is 12.0 Å². The molecule has 1 aliphatic heterocycles. The Morgan fingerprint density at radius 3 is 2.82 bits per heavy atom. The summed E-state index contributed by atoms with van der Waals surface area (Å²) in [6.07, 6.45) is 5.29. The van der Waals surface area contributed by atoms with Gasteiger partial charge in [-0.1, -0.05) is 49.4 Å². The number of carbonyl (C=O) groups is 2. The van der Waals surface area contributed by atoms with Crippen LogP contribution in [0.5, 0.6) is 0 Å². The van der Waals surface area contributed by atoms with Crippen molar-refractivity contribution in [3.05, 3.63) is 48.0 Å². The Hall–Kier alpha value is -2.10. The maximum absolute atomic E-state index is 12.4. The SMILES string of the molecule is CC=CC(C)CCC(=O)N1C(=O)OCC1Cc1ccccc1. The van der Waals surface area contributed by atoms with Gasteiger partial charge in [0.1, 0.15) is 6.61 Å². The van der Waals surface area contributed by atoms with Crippen LogP contribution >= 0.6 is 0 Å². The van der Waals surface area contributed by atoms with E-state index in [0.717, 1.165) is 12.0 Å². The number of imide groups is 1. The normalized spacial score (nSPS) is 19.5. The van der Waals surface area contributed by atoms with E-state index >= 15 is 0 Å². The fraction of sp³-hybridized carbons (Fsp3) is 0.444. The zero-order chi connectivity index (χ0) is 15.9.